The van der Waals surface area contributed by atoms with Crippen molar-refractivity contribution < 1.29 is 19.2 Å². The van der Waals surface area contributed by atoms with Gasteiger partial charge in [-0.2, -0.15) is 0 Å². The summed E-state index contributed by atoms with van der Waals surface area (Å²) in [5, 5.41) is 15.3. The van der Waals surface area contributed by atoms with Crippen molar-refractivity contribution in [1.29, 1.82) is 0 Å². The highest BCUT2D eigenvalue weighted by molar-refractivity contribution is 6.33. The van der Waals surface area contributed by atoms with Gasteiger partial charge in [-0.3, -0.25) is 19.2 Å². The van der Waals surface area contributed by atoms with E-state index < -0.39 is 23.6 Å². The number of hydrogen-bond donors (Lipinski definition) is 4. The number of hydrogen-bond acceptors (Lipinski definition) is 4. The van der Waals surface area contributed by atoms with Crippen LogP contribution in [0.1, 0.15) is 0 Å². The highest BCUT2D eigenvalue weighted by Crippen LogP contribution is 2.45. The Balaban J connectivity index is 2.16. The zero-order chi connectivity index (χ0) is 26.0. The monoisotopic (exact) mass is 478 g/mol. The van der Waals surface area contributed by atoms with E-state index in [1.54, 1.807) is 12.1 Å². The Morgan fingerprint density at radius 3 is 0.889 bits per heavy atom. The van der Waals surface area contributed by atoms with Crippen LogP contribution in [0.4, 0.5) is 22.7 Å². The quantitative estimate of drug-likeness (QED) is 0.209. The van der Waals surface area contributed by atoms with Crippen molar-refractivity contribution in [1.82, 2.24) is 0 Å². The van der Waals surface area contributed by atoms with Crippen molar-refractivity contribution in [3.05, 3.63) is 87.0 Å². The van der Waals surface area contributed by atoms with Crippen LogP contribution in [0.2, 0.25) is 0 Å². The molecule has 0 radical (unpaired) electrons. The van der Waals surface area contributed by atoms with Crippen LogP contribution in [0.3, 0.4) is 0 Å². The minimum atomic E-state index is -0.427. The number of rotatable bonds is 8. The second-order valence-electron chi connectivity index (χ2n) is 7.79. The van der Waals surface area contributed by atoms with Gasteiger partial charge in [0.05, 0.1) is 22.7 Å². The molecule has 4 aromatic rings. The lowest BCUT2D eigenvalue weighted by molar-refractivity contribution is -0.112. The minimum absolute atomic E-state index is 0.427. The SMILES string of the molecule is C=CC(=O)Nc1cc(NC(=O)C=C)c2ccc3c(NC(=O)C=C)cc(NC(=O)C=C)c4ccc1c2c43. The summed E-state index contributed by atoms with van der Waals surface area (Å²) < 4.78 is 0. The molecule has 0 aliphatic carbocycles. The average Bonchev–Trinajstić information content (AvgIpc) is 2.89. The molecule has 0 spiro atoms. The molecule has 0 bridgehead atoms. The lowest BCUT2D eigenvalue weighted by Crippen LogP contribution is -2.12. The number of nitrogens with one attached hydrogen (secondary N) is 4. The zero-order valence-electron chi connectivity index (χ0n) is 19.2. The molecule has 0 aliphatic rings. The molecule has 0 atom stereocenters. The standard InChI is InChI=1S/C28H22N4O4/c1-5-23(33)29-19-13-20(30-24(34)6-2)16-11-12-18-22(32-26(36)8-4)14-21(31-25(35)7-3)17-10-9-15(19)27(16)28(17)18/h5-14H,1-4H2,(H,29,33)(H,30,34)(H,31,35)(H,32,36). The third kappa shape index (κ3) is 4.19. The van der Waals surface area contributed by atoms with Gasteiger partial charge >= 0.3 is 0 Å². The number of amides is 4. The molecule has 4 amide bonds. The summed E-state index contributed by atoms with van der Waals surface area (Å²) in [6.07, 6.45) is 4.58. The van der Waals surface area contributed by atoms with Gasteiger partial charge in [-0.05, 0) is 36.4 Å². The first kappa shape index (κ1) is 23.9. The van der Waals surface area contributed by atoms with Gasteiger partial charge in [0.25, 0.3) is 0 Å². The maximum atomic E-state index is 12.2. The molecule has 8 heteroatoms. The van der Waals surface area contributed by atoms with Gasteiger partial charge in [0.15, 0.2) is 0 Å². The summed E-state index contributed by atoms with van der Waals surface area (Å²) in [6.45, 7) is 14.0. The first-order valence-electron chi connectivity index (χ1n) is 10.8. The molecule has 0 aromatic heterocycles. The van der Waals surface area contributed by atoms with Gasteiger partial charge < -0.3 is 21.3 Å². The van der Waals surface area contributed by atoms with Crippen LogP contribution in [-0.2, 0) is 19.2 Å². The molecule has 178 valence electrons. The number of carbonyl (C=O) groups is 4. The van der Waals surface area contributed by atoms with E-state index >= 15 is 0 Å². The Labute approximate surface area is 206 Å². The molecular formula is C28H22N4O4. The molecule has 0 aliphatic heterocycles. The zero-order valence-corrected chi connectivity index (χ0v) is 19.2. The lowest BCUT2D eigenvalue weighted by Gasteiger charge is -2.21. The Hall–Kier alpha value is -5.24. The van der Waals surface area contributed by atoms with Crippen molar-refractivity contribution in [2.45, 2.75) is 0 Å². The fourth-order valence-corrected chi connectivity index (χ4v) is 4.14. The third-order valence-electron chi connectivity index (χ3n) is 5.67. The van der Waals surface area contributed by atoms with Crippen LogP contribution < -0.4 is 21.3 Å². The van der Waals surface area contributed by atoms with Crippen LogP contribution in [0, 0.1) is 0 Å². The summed E-state index contributed by atoms with van der Waals surface area (Å²) in [7, 11) is 0. The van der Waals surface area contributed by atoms with E-state index in [-0.39, 0.29) is 0 Å². The van der Waals surface area contributed by atoms with E-state index in [1.807, 2.05) is 24.3 Å². The highest BCUT2D eigenvalue weighted by atomic mass is 16.2. The Bertz CT molecular complexity index is 1400. The number of anilines is 4. The minimum Gasteiger partial charge on any atom is -0.322 e. The Morgan fingerprint density at radius 2 is 0.694 bits per heavy atom. The maximum Gasteiger partial charge on any atom is 0.247 e. The van der Waals surface area contributed by atoms with Crippen molar-refractivity contribution in [2.75, 3.05) is 21.3 Å². The molecule has 0 heterocycles. The molecule has 0 saturated carbocycles. The molecule has 0 fully saturated rings. The second-order valence-corrected chi connectivity index (χ2v) is 7.79. The topological polar surface area (TPSA) is 116 Å². The van der Waals surface area contributed by atoms with Gasteiger partial charge in [-0.25, -0.2) is 0 Å². The van der Waals surface area contributed by atoms with Crippen molar-refractivity contribution >= 4 is 78.7 Å². The molecule has 4 N–H and O–H groups in total. The molecule has 0 unspecified atom stereocenters. The van der Waals surface area contributed by atoms with Gasteiger partial charge in [0, 0.05) is 32.3 Å². The van der Waals surface area contributed by atoms with Crippen LogP contribution in [-0.4, -0.2) is 23.6 Å². The van der Waals surface area contributed by atoms with Crippen LogP contribution >= 0.6 is 0 Å². The fraction of sp³-hybridized carbons (Fsp3) is 0. The Kier molecular flexibility index (Phi) is 6.34. The van der Waals surface area contributed by atoms with E-state index in [4.69, 9.17) is 0 Å². The summed E-state index contributed by atoms with van der Waals surface area (Å²) >= 11 is 0. The van der Waals surface area contributed by atoms with Crippen LogP contribution in [0.25, 0.3) is 32.3 Å². The lowest BCUT2D eigenvalue weighted by atomic mass is 9.90. The normalized spacial score (nSPS) is 10.6. The maximum absolute atomic E-state index is 12.2. The molecular weight excluding hydrogens is 456 g/mol. The largest absolute Gasteiger partial charge is 0.322 e. The van der Waals surface area contributed by atoms with Crippen molar-refractivity contribution in [3.8, 4) is 0 Å². The van der Waals surface area contributed by atoms with E-state index in [0.29, 0.717) is 55.1 Å². The van der Waals surface area contributed by atoms with Gasteiger partial charge in [0.2, 0.25) is 23.6 Å². The van der Waals surface area contributed by atoms with E-state index in [0.717, 1.165) is 24.3 Å². The first-order chi connectivity index (χ1) is 17.3. The second kappa shape index (κ2) is 9.55. The molecule has 4 aromatic carbocycles. The third-order valence-corrected chi connectivity index (χ3v) is 5.67. The molecule has 36 heavy (non-hydrogen) atoms. The van der Waals surface area contributed by atoms with Crippen LogP contribution in [0.15, 0.2) is 87.0 Å². The van der Waals surface area contributed by atoms with Gasteiger partial charge in [0.1, 0.15) is 0 Å². The average molecular weight is 479 g/mol. The van der Waals surface area contributed by atoms with E-state index in [1.165, 1.54) is 0 Å². The summed E-state index contributed by atoms with van der Waals surface area (Å²) in [4.78, 5) is 48.8. The first-order valence-corrected chi connectivity index (χ1v) is 10.8. The van der Waals surface area contributed by atoms with E-state index in [9.17, 15) is 19.2 Å². The molecule has 0 saturated heterocycles. The number of carbonyl (C=O) groups excluding carboxylic acids is 4. The molecule has 8 nitrogen and oxygen atoms in total. The van der Waals surface area contributed by atoms with Gasteiger partial charge in [-0.1, -0.05) is 50.6 Å². The summed E-state index contributed by atoms with van der Waals surface area (Å²) in [5.74, 6) is -1.71. The molecule has 4 rings (SSSR count). The van der Waals surface area contributed by atoms with Crippen molar-refractivity contribution in [2.24, 2.45) is 0 Å². The summed E-state index contributed by atoms with van der Waals surface area (Å²) in [6, 6.07) is 10.6. The fourth-order valence-electron chi connectivity index (χ4n) is 4.14. The van der Waals surface area contributed by atoms with Crippen molar-refractivity contribution in [3.63, 3.8) is 0 Å². The predicted molar refractivity (Wildman–Crippen MR) is 145 cm³/mol. The highest BCUT2D eigenvalue weighted by Gasteiger charge is 2.20. The predicted octanol–water partition coefficient (Wildman–Crippen LogP) is 5.08. The van der Waals surface area contributed by atoms with Gasteiger partial charge in [-0.15, -0.1) is 0 Å². The smallest absolute Gasteiger partial charge is 0.247 e. The van der Waals surface area contributed by atoms with E-state index in [2.05, 4.69) is 47.6 Å². The Morgan fingerprint density at radius 1 is 0.472 bits per heavy atom. The number of benzene rings is 4. The summed E-state index contributed by atoms with van der Waals surface area (Å²) in [5.41, 5.74) is 1.77. The van der Waals surface area contributed by atoms with Crippen LogP contribution in [0.5, 0.6) is 0 Å².